The number of carboxylic acid groups (broad SMARTS) is 1. The number of benzene rings is 1. The van der Waals surface area contributed by atoms with Gasteiger partial charge in [0.1, 0.15) is 0 Å². The molecule has 1 aliphatic rings. The maximum atomic E-state index is 12.1. The van der Waals surface area contributed by atoms with Crippen molar-refractivity contribution in [2.45, 2.75) is 29.8 Å². The van der Waals surface area contributed by atoms with E-state index >= 15 is 0 Å². The molecule has 10 heteroatoms. The van der Waals surface area contributed by atoms with Gasteiger partial charge in [-0.1, -0.05) is 0 Å². The van der Waals surface area contributed by atoms with Crippen LogP contribution >= 0.6 is 0 Å². The molecule has 2 rings (SSSR count). The summed E-state index contributed by atoms with van der Waals surface area (Å²) in [5.41, 5.74) is -0.540. The van der Waals surface area contributed by atoms with Crippen LogP contribution in [0.5, 0.6) is 0 Å². The lowest BCUT2D eigenvalue weighted by Gasteiger charge is -2.10. The molecule has 0 saturated heterocycles. The quantitative estimate of drug-likeness (QED) is 0.516. The highest BCUT2D eigenvalue weighted by atomic mass is 32.2. The maximum Gasteiger partial charge on any atom is 0.335 e. The van der Waals surface area contributed by atoms with Gasteiger partial charge in [0.05, 0.1) is 17.0 Å². The molecular weight excluding hydrogens is 360 g/mol. The Bertz CT molecular complexity index is 850. The monoisotopic (exact) mass is 378 g/mol. The van der Waals surface area contributed by atoms with Crippen LogP contribution in [0.25, 0.3) is 0 Å². The van der Waals surface area contributed by atoms with Gasteiger partial charge in [-0.15, -0.1) is 12.3 Å². The average Bonchev–Trinajstić information content (AvgIpc) is 3.38. The Morgan fingerprint density at radius 1 is 1.19 bits per heavy atom. The first-order chi connectivity index (χ1) is 12.3. The summed E-state index contributed by atoms with van der Waals surface area (Å²) in [4.78, 5) is 22.4. The van der Waals surface area contributed by atoms with Crippen LogP contribution < -0.4 is 10.0 Å². The molecule has 1 aromatic rings. The lowest BCUT2D eigenvalue weighted by atomic mass is 10.0. The molecule has 0 aromatic heterocycles. The Kier molecular flexibility index (Phi) is 6.07. The molecule has 0 atom stereocenters. The number of carbonyl (C=O) groups excluding carboxylic acids is 1. The Morgan fingerprint density at radius 2 is 1.85 bits per heavy atom. The predicted octanol–water partition coefficient (Wildman–Crippen LogP) is 0.745. The molecule has 0 aliphatic carbocycles. The first-order valence-electron chi connectivity index (χ1n) is 7.75. The van der Waals surface area contributed by atoms with Crippen molar-refractivity contribution in [2.75, 3.05) is 13.1 Å². The lowest BCUT2D eigenvalue weighted by molar-refractivity contribution is -0.119. The minimum absolute atomic E-state index is 0.0311. The van der Waals surface area contributed by atoms with E-state index in [4.69, 9.17) is 11.5 Å². The first-order valence-corrected chi connectivity index (χ1v) is 9.24. The van der Waals surface area contributed by atoms with Crippen molar-refractivity contribution < 1.29 is 23.1 Å². The molecule has 1 aliphatic heterocycles. The van der Waals surface area contributed by atoms with E-state index in [1.54, 1.807) is 0 Å². The van der Waals surface area contributed by atoms with Gasteiger partial charge in [-0.25, -0.2) is 17.9 Å². The average molecular weight is 378 g/mol. The van der Waals surface area contributed by atoms with E-state index in [-0.39, 0.29) is 10.5 Å². The summed E-state index contributed by atoms with van der Waals surface area (Å²) >= 11 is 0. The van der Waals surface area contributed by atoms with Gasteiger partial charge in [0.25, 0.3) is 0 Å². The van der Waals surface area contributed by atoms with E-state index in [0.717, 1.165) is 12.1 Å². The summed E-state index contributed by atoms with van der Waals surface area (Å²) in [6, 6.07) is 4.68. The van der Waals surface area contributed by atoms with Gasteiger partial charge in [-0.05, 0) is 24.3 Å². The molecule has 1 heterocycles. The first kappa shape index (κ1) is 19.6. The highest BCUT2D eigenvalue weighted by molar-refractivity contribution is 7.89. The number of rotatable bonds is 10. The number of hydrogen-bond donors (Lipinski definition) is 3. The molecule has 1 aromatic carbocycles. The SMILES string of the molecule is C#CCCC1(CCNC(=O)CNS(=O)(=O)c2ccc(C(=O)O)cc2)N=N1. The molecule has 0 radical (unpaired) electrons. The zero-order chi connectivity index (χ0) is 19.2. The van der Waals surface area contributed by atoms with E-state index in [1.165, 1.54) is 12.1 Å². The van der Waals surface area contributed by atoms with Crippen molar-refractivity contribution in [1.29, 1.82) is 0 Å². The third kappa shape index (κ3) is 5.37. The van der Waals surface area contributed by atoms with E-state index in [9.17, 15) is 18.0 Å². The van der Waals surface area contributed by atoms with Gasteiger partial charge in [0, 0.05) is 25.8 Å². The highest BCUT2D eigenvalue weighted by Gasteiger charge is 2.38. The molecule has 0 fully saturated rings. The third-order valence-electron chi connectivity index (χ3n) is 3.73. The van der Waals surface area contributed by atoms with Crippen LogP contribution in [0, 0.1) is 12.3 Å². The topological polar surface area (TPSA) is 137 Å². The van der Waals surface area contributed by atoms with Crippen LogP contribution in [0.15, 0.2) is 39.4 Å². The van der Waals surface area contributed by atoms with Gasteiger partial charge >= 0.3 is 5.97 Å². The number of nitrogens with one attached hydrogen (secondary N) is 2. The van der Waals surface area contributed by atoms with E-state index in [1.807, 2.05) is 0 Å². The minimum atomic E-state index is -3.91. The van der Waals surface area contributed by atoms with E-state index < -0.39 is 34.1 Å². The largest absolute Gasteiger partial charge is 0.478 e. The second-order valence-electron chi connectivity index (χ2n) is 5.64. The Labute approximate surface area is 150 Å². The second kappa shape index (κ2) is 8.07. The van der Waals surface area contributed by atoms with E-state index in [2.05, 4.69) is 26.2 Å². The van der Waals surface area contributed by atoms with Gasteiger partial charge in [-0.3, -0.25) is 4.79 Å². The Balaban J connectivity index is 1.77. The number of carbonyl (C=O) groups is 2. The van der Waals surface area contributed by atoms with Gasteiger partial charge < -0.3 is 10.4 Å². The summed E-state index contributed by atoms with van der Waals surface area (Å²) in [6.07, 6.45) is 6.86. The van der Waals surface area contributed by atoms with Crippen LogP contribution in [0.1, 0.15) is 29.6 Å². The fraction of sp³-hybridized carbons (Fsp3) is 0.375. The normalized spacial score (nSPS) is 14.4. The number of hydrogen-bond acceptors (Lipinski definition) is 6. The number of terminal acetylenes is 1. The van der Waals surface area contributed by atoms with E-state index in [0.29, 0.717) is 25.8 Å². The molecular formula is C16H18N4O5S. The lowest BCUT2D eigenvalue weighted by Crippen LogP contribution is -2.38. The smallest absolute Gasteiger partial charge is 0.335 e. The van der Waals surface area contributed by atoms with Crippen LogP contribution in [0.2, 0.25) is 0 Å². The number of nitrogens with zero attached hydrogens (tertiary/aromatic N) is 2. The van der Waals surface area contributed by atoms with Gasteiger partial charge in [0.2, 0.25) is 15.9 Å². The molecule has 9 nitrogen and oxygen atoms in total. The summed E-state index contributed by atoms with van der Waals surface area (Å²) in [7, 11) is -3.91. The zero-order valence-corrected chi connectivity index (χ0v) is 14.6. The van der Waals surface area contributed by atoms with Gasteiger partial charge in [-0.2, -0.15) is 10.2 Å². The molecule has 3 N–H and O–H groups in total. The van der Waals surface area contributed by atoms with Crippen LogP contribution in [0.3, 0.4) is 0 Å². The number of carboxylic acids is 1. The zero-order valence-electron chi connectivity index (χ0n) is 13.8. The molecule has 0 spiro atoms. The van der Waals surface area contributed by atoms with Crippen molar-refractivity contribution in [3.05, 3.63) is 29.8 Å². The summed E-state index contributed by atoms with van der Waals surface area (Å²) in [5.74, 6) is 0.855. The van der Waals surface area contributed by atoms with Crippen LogP contribution in [-0.4, -0.2) is 44.2 Å². The summed E-state index contributed by atoms with van der Waals surface area (Å²) in [5, 5.41) is 19.3. The highest BCUT2D eigenvalue weighted by Crippen LogP contribution is 2.35. The molecule has 1 amide bonds. The standard InChI is InChI=1S/C16H18N4O5S/c1-2-3-8-16(19-20-16)9-10-17-14(21)11-18-26(24,25)13-6-4-12(5-7-13)15(22)23/h1,4-7,18H,3,8-11H2,(H,17,21)(H,22,23). The van der Waals surface area contributed by atoms with Crippen LogP contribution in [0.4, 0.5) is 0 Å². The molecule has 0 unspecified atom stereocenters. The minimum Gasteiger partial charge on any atom is -0.478 e. The predicted molar refractivity (Wildman–Crippen MR) is 91.9 cm³/mol. The number of amides is 1. The Hall–Kier alpha value is -2.77. The second-order valence-corrected chi connectivity index (χ2v) is 7.41. The summed E-state index contributed by atoms with van der Waals surface area (Å²) in [6.45, 7) is -0.139. The maximum absolute atomic E-state index is 12.1. The summed E-state index contributed by atoms with van der Waals surface area (Å²) < 4.78 is 26.3. The Morgan fingerprint density at radius 3 is 2.38 bits per heavy atom. The third-order valence-corrected chi connectivity index (χ3v) is 5.15. The number of aromatic carboxylic acids is 1. The molecule has 26 heavy (non-hydrogen) atoms. The van der Waals surface area contributed by atoms with Crippen molar-refractivity contribution in [3.8, 4) is 12.3 Å². The van der Waals surface area contributed by atoms with Gasteiger partial charge in [0.15, 0.2) is 5.66 Å². The molecule has 0 bridgehead atoms. The van der Waals surface area contributed by atoms with Crippen molar-refractivity contribution in [3.63, 3.8) is 0 Å². The van der Waals surface area contributed by atoms with Crippen molar-refractivity contribution in [1.82, 2.24) is 10.0 Å². The number of sulfonamides is 1. The fourth-order valence-electron chi connectivity index (χ4n) is 2.15. The molecule has 138 valence electrons. The molecule has 0 saturated carbocycles. The fourth-order valence-corrected chi connectivity index (χ4v) is 3.14. The van der Waals surface area contributed by atoms with Crippen LogP contribution in [-0.2, 0) is 14.8 Å². The van der Waals surface area contributed by atoms with Crippen molar-refractivity contribution in [2.24, 2.45) is 10.2 Å². The van der Waals surface area contributed by atoms with Crippen molar-refractivity contribution >= 4 is 21.9 Å².